The normalized spacial score (nSPS) is 17.5. The summed E-state index contributed by atoms with van der Waals surface area (Å²) < 4.78 is 31.8. The van der Waals surface area contributed by atoms with Crippen molar-refractivity contribution >= 4 is 19.8 Å². The number of epoxide rings is 1. The largest absolute Gasteiger partial charge is 0.469 e. The van der Waals surface area contributed by atoms with Crippen LogP contribution in [0.5, 0.6) is 0 Å². The summed E-state index contributed by atoms with van der Waals surface area (Å²) in [5, 5.41) is 0. The highest BCUT2D eigenvalue weighted by Crippen LogP contribution is 2.36. The lowest BCUT2D eigenvalue weighted by atomic mass is 10.1. The molecule has 1 fully saturated rings. The van der Waals surface area contributed by atoms with Gasteiger partial charge in [0.15, 0.2) is 6.10 Å². The lowest BCUT2D eigenvalue weighted by Gasteiger charge is -2.18. The zero-order chi connectivity index (χ0) is 35.8. The average molecular weight is 707 g/mol. The fraction of sp³-hybridized carbons (Fsp3) is 0.641. The number of unbranched alkanes of at least 4 members (excludes halogenated alkanes) is 7. The molecule has 1 heterocycles. The van der Waals surface area contributed by atoms with Crippen molar-refractivity contribution in [1.29, 1.82) is 0 Å². The van der Waals surface area contributed by atoms with Crippen LogP contribution in [0.4, 0.5) is 0 Å². The fourth-order valence-electron chi connectivity index (χ4n) is 4.77. The molecule has 0 saturated carbocycles. The maximum absolute atomic E-state index is 12.3. The van der Waals surface area contributed by atoms with E-state index in [1.807, 2.05) is 12.2 Å². The number of carbonyl (C=O) groups excluding carboxylic acids is 2. The highest BCUT2D eigenvalue weighted by molar-refractivity contribution is 7.46. The molecule has 9 nitrogen and oxygen atoms in total. The van der Waals surface area contributed by atoms with E-state index in [-0.39, 0.29) is 19.4 Å². The molecule has 1 aliphatic heterocycles. The van der Waals surface area contributed by atoms with E-state index in [0.29, 0.717) is 25.0 Å². The standard InChI is InChI=1S/C39H63O9P/c1-3-5-7-8-9-10-13-17-20-23-27-31-38(40)45-33-35(34-46-49(42,43)44)47-39(41)32-28-24-21-18-15-12-11-14-16-19-22-26-30-37-36(48-37)29-25-6-4-2/h6,8-9,12,14-16,21-22,24-26,35-37H,3-5,7,10-11,13,17-20,23,27-34H2,1-2H3,(H2,42,43,44)/b9-8-,15-12-,16-14-,24-21-,25-6-,26-22-/t35-,36?,37?/m1/s1. The molecule has 1 aliphatic rings. The zero-order valence-electron chi connectivity index (χ0n) is 30.0. The van der Waals surface area contributed by atoms with Crippen molar-refractivity contribution in [2.75, 3.05) is 13.2 Å². The van der Waals surface area contributed by atoms with Gasteiger partial charge in [0, 0.05) is 12.8 Å². The number of esters is 2. The molecule has 2 unspecified atom stereocenters. The van der Waals surface area contributed by atoms with Gasteiger partial charge >= 0.3 is 19.8 Å². The van der Waals surface area contributed by atoms with Gasteiger partial charge in [-0.15, -0.1) is 0 Å². The first-order chi connectivity index (χ1) is 23.7. The maximum Gasteiger partial charge on any atom is 0.469 e. The average Bonchev–Trinajstić information content (AvgIpc) is 3.82. The van der Waals surface area contributed by atoms with Crippen molar-refractivity contribution in [2.45, 2.75) is 148 Å². The number of phosphoric acid groups is 1. The van der Waals surface area contributed by atoms with E-state index >= 15 is 0 Å². The van der Waals surface area contributed by atoms with E-state index in [0.717, 1.165) is 77.0 Å². The molecule has 2 N–H and O–H groups in total. The van der Waals surface area contributed by atoms with E-state index < -0.39 is 32.5 Å². The smallest absolute Gasteiger partial charge is 0.462 e. The third kappa shape index (κ3) is 30.0. The summed E-state index contributed by atoms with van der Waals surface area (Å²) in [7, 11) is -4.78. The molecule has 0 radical (unpaired) electrons. The minimum Gasteiger partial charge on any atom is -0.462 e. The van der Waals surface area contributed by atoms with Crippen LogP contribution in [0, 0.1) is 0 Å². The first kappa shape index (κ1) is 44.5. The van der Waals surface area contributed by atoms with Crippen LogP contribution in [0.1, 0.15) is 129 Å². The van der Waals surface area contributed by atoms with Crippen molar-refractivity contribution in [1.82, 2.24) is 0 Å². The van der Waals surface area contributed by atoms with Crippen LogP contribution in [0.25, 0.3) is 0 Å². The van der Waals surface area contributed by atoms with Gasteiger partial charge < -0.3 is 24.0 Å². The van der Waals surface area contributed by atoms with Gasteiger partial charge in [0.05, 0.1) is 18.8 Å². The van der Waals surface area contributed by atoms with Crippen LogP contribution in [0.15, 0.2) is 72.9 Å². The number of ether oxygens (including phenoxy) is 3. The first-order valence-electron chi connectivity index (χ1n) is 18.4. The molecule has 278 valence electrons. The lowest BCUT2D eigenvalue weighted by Crippen LogP contribution is -2.29. The Morgan fingerprint density at radius 1 is 0.653 bits per heavy atom. The minimum atomic E-state index is -4.78. The van der Waals surface area contributed by atoms with Crippen LogP contribution in [-0.4, -0.2) is 53.3 Å². The van der Waals surface area contributed by atoms with Gasteiger partial charge in [0.25, 0.3) is 0 Å². The van der Waals surface area contributed by atoms with Gasteiger partial charge in [-0.2, -0.15) is 0 Å². The second kappa shape index (κ2) is 30.3. The molecule has 10 heteroatoms. The first-order valence-corrected chi connectivity index (χ1v) is 19.9. The Hall–Kier alpha value is -2.55. The molecule has 49 heavy (non-hydrogen) atoms. The third-order valence-electron chi connectivity index (χ3n) is 7.62. The fourth-order valence-corrected chi connectivity index (χ4v) is 5.13. The number of carbonyl (C=O) groups is 2. The number of hydrogen-bond acceptors (Lipinski definition) is 7. The number of allylic oxidation sites excluding steroid dienone is 10. The molecule has 1 rings (SSSR count). The quantitative estimate of drug-likeness (QED) is 0.0238. The van der Waals surface area contributed by atoms with Crippen LogP contribution in [-0.2, 0) is 32.9 Å². The van der Waals surface area contributed by atoms with Crippen LogP contribution >= 0.6 is 7.82 Å². The Labute approximate surface area is 295 Å². The number of phosphoric ester groups is 1. The van der Waals surface area contributed by atoms with Crippen molar-refractivity contribution in [3.63, 3.8) is 0 Å². The second-order valence-electron chi connectivity index (χ2n) is 12.2. The van der Waals surface area contributed by atoms with E-state index in [9.17, 15) is 14.2 Å². The predicted molar refractivity (Wildman–Crippen MR) is 197 cm³/mol. The molecule has 0 aromatic carbocycles. The molecular weight excluding hydrogens is 643 g/mol. The van der Waals surface area contributed by atoms with Gasteiger partial charge in [-0.3, -0.25) is 14.1 Å². The molecule has 3 atom stereocenters. The molecule has 0 amide bonds. The molecule has 1 saturated heterocycles. The summed E-state index contributed by atoms with van der Waals surface area (Å²) in [5.74, 6) is -1.01. The summed E-state index contributed by atoms with van der Waals surface area (Å²) in [6.45, 7) is 3.42. The monoisotopic (exact) mass is 706 g/mol. The summed E-state index contributed by atoms with van der Waals surface area (Å²) in [4.78, 5) is 42.6. The Balaban J connectivity index is 2.17. The second-order valence-corrected chi connectivity index (χ2v) is 13.4. The highest BCUT2D eigenvalue weighted by atomic mass is 31.2. The van der Waals surface area contributed by atoms with Gasteiger partial charge in [-0.05, 0) is 70.6 Å². The van der Waals surface area contributed by atoms with Crippen molar-refractivity contribution in [3.8, 4) is 0 Å². The summed E-state index contributed by atoms with van der Waals surface area (Å²) in [5.41, 5.74) is 0. The molecule has 0 aromatic rings. The molecule has 0 spiro atoms. The van der Waals surface area contributed by atoms with Crippen LogP contribution in [0.2, 0.25) is 0 Å². The molecule has 0 bridgehead atoms. The summed E-state index contributed by atoms with van der Waals surface area (Å²) in [6, 6.07) is 0. The maximum atomic E-state index is 12.3. The van der Waals surface area contributed by atoms with Crippen molar-refractivity contribution in [2.24, 2.45) is 0 Å². The van der Waals surface area contributed by atoms with Gasteiger partial charge in [-0.25, -0.2) is 4.57 Å². The molecular formula is C39H63O9P. The molecule has 0 aliphatic carbocycles. The topological polar surface area (TPSA) is 132 Å². The summed E-state index contributed by atoms with van der Waals surface area (Å²) in [6.07, 6.45) is 41.1. The van der Waals surface area contributed by atoms with E-state index in [4.69, 9.17) is 24.0 Å². The van der Waals surface area contributed by atoms with E-state index in [2.05, 4.69) is 79.1 Å². The Kier molecular flexibility index (Phi) is 27.5. The Bertz CT molecular complexity index is 1090. The van der Waals surface area contributed by atoms with Crippen LogP contribution < -0.4 is 0 Å². The lowest BCUT2D eigenvalue weighted by molar-refractivity contribution is -0.161. The number of hydrogen-bond donors (Lipinski definition) is 2. The third-order valence-corrected chi connectivity index (χ3v) is 8.11. The number of rotatable bonds is 31. The van der Waals surface area contributed by atoms with E-state index in [1.165, 1.54) is 12.8 Å². The Morgan fingerprint density at radius 2 is 1.20 bits per heavy atom. The van der Waals surface area contributed by atoms with E-state index in [1.54, 1.807) is 0 Å². The zero-order valence-corrected chi connectivity index (χ0v) is 30.9. The van der Waals surface area contributed by atoms with Gasteiger partial charge in [-0.1, -0.05) is 119 Å². The predicted octanol–water partition coefficient (Wildman–Crippen LogP) is 9.72. The van der Waals surface area contributed by atoms with Crippen molar-refractivity contribution < 1.29 is 42.7 Å². The minimum absolute atomic E-state index is 0.0782. The highest BCUT2D eigenvalue weighted by Gasteiger charge is 2.35. The molecule has 0 aromatic heterocycles. The van der Waals surface area contributed by atoms with Crippen molar-refractivity contribution in [3.05, 3.63) is 72.9 Å². The summed E-state index contributed by atoms with van der Waals surface area (Å²) >= 11 is 0. The van der Waals surface area contributed by atoms with Crippen LogP contribution in [0.3, 0.4) is 0 Å². The Morgan fingerprint density at radius 3 is 1.84 bits per heavy atom. The van der Waals surface area contributed by atoms with Gasteiger partial charge in [0.1, 0.15) is 6.61 Å². The van der Waals surface area contributed by atoms with Gasteiger partial charge in [0.2, 0.25) is 0 Å². The SMILES string of the molecule is CC/C=C\CC1OC1C/C=C\C/C=C\C/C=C\C/C=C\CCC(=O)O[C@H](COC(=O)CCCCCCC/C=C\CCCC)COP(=O)(O)O.